The largest absolute Gasteiger partial charge is 0.395 e. The Hall–Kier alpha value is -1.66. The smallest absolute Gasteiger partial charge is 0.319 e. The molecule has 1 aliphatic heterocycles. The lowest BCUT2D eigenvalue weighted by molar-refractivity contribution is 0.157. The van der Waals surface area contributed by atoms with Gasteiger partial charge in [0, 0.05) is 18.3 Å². The Morgan fingerprint density at radius 2 is 2.22 bits per heavy atom. The summed E-state index contributed by atoms with van der Waals surface area (Å²) < 4.78 is 13.2. The van der Waals surface area contributed by atoms with Gasteiger partial charge in [-0.1, -0.05) is 0 Å². The molecule has 0 saturated carbocycles. The number of benzene rings is 1. The molecule has 5 nitrogen and oxygen atoms in total. The Morgan fingerprint density at radius 3 is 2.96 bits per heavy atom. The molecule has 0 bridgehead atoms. The van der Waals surface area contributed by atoms with Crippen LogP contribution in [0, 0.1) is 12.7 Å². The van der Waals surface area contributed by atoms with E-state index in [1.807, 2.05) is 0 Å². The molecule has 0 spiro atoms. The van der Waals surface area contributed by atoms with Crippen molar-refractivity contribution in [1.29, 1.82) is 0 Å². The molecule has 2 amide bonds. The molecule has 0 radical (unpaired) electrons. The Balaban J connectivity index is 1.61. The predicted octanol–water partition coefficient (Wildman–Crippen LogP) is 2.49. The van der Waals surface area contributed by atoms with Crippen molar-refractivity contribution in [1.82, 2.24) is 10.2 Å². The summed E-state index contributed by atoms with van der Waals surface area (Å²) in [5.74, 6) is -0.357. The summed E-state index contributed by atoms with van der Waals surface area (Å²) in [5, 5.41) is 14.7. The molecule has 1 aromatic carbocycles. The fourth-order valence-corrected chi connectivity index (χ4v) is 3.02. The number of anilines is 1. The van der Waals surface area contributed by atoms with E-state index < -0.39 is 0 Å². The lowest BCUT2D eigenvalue weighted by Crippen LogP contribution is -2.34. The maximum atomic E-state index is 13.2. The first kappa shape index (κ1) is 17.7. The molecule has 6 heteroatoms. The molecular weight excluding hydrogens is 297 g/mol. The highest BCUT2D eigenvalue weighted by Gasteiger charge is 2.22. The molecule has 1 heterocycles. The maximum absolute atomic E-state index is 13.2. The second kappa shape index (κ2) is 8.84. The van der Waals surface area contributed by atoms with Crippen molar-refractivity contribution in [2.75, 3.05) is 31.6 Å². The average Bonchev–Trinajstić information content (AvgIpc) is 2.93. The highest BCUT2D eigenvalue weighted by atomic mass is 19.1. The molecule has 0 aliphatic carbocycles. The minimum absolute atomic E-state index is 0.230. The number of hydrogen-bond donors (Lipinski definition) is 3. The number of halogens is 1. The molecule has 3 N–H and O–H groups in total. The minimum Gasteiger partial charge on any atom is -0.395 e. The Labute approximate surface area is 136 Å². The number of nitrogens with one attached hydrogen (secondary N) is 2. The second-order valence-corrected chi connectivity index (χ2v) is 6.12. The van der Waals surface area contributed by atoms with Crippen LogP contribution in [-0.4, -0.2) is 48.3 Å². The summed E-state index contributed by atoms with van der Waals surface area (Å²) in [6.07, 6.45) is 4.09. The summed E-state index contributed by atoms with van der Waals surface area (Å²) in [6.45, 7) is 4.60. The molecular formula is C17H26FN3O2. The highest BCUT2D eigenvalue weighted by molar-refractivity contribution is 5.89. The Morgan fingerprint density at radius 1 is 1.39 bits per heavy atom. The van der Waals surface area contributed by atoms with Crippen LogP contribution in [0.1, 0.15) is 31.2 Å². The number of urea groups is 1. The van der Waals surface area contributed by atoms with Gasteiger partial charge >= 0.3 is 6.03 Å². The monoisotopic (exact) mass is 323 g/mol. The van der Waals surface area contributed by atoms with Crippen LogP contribution in [0.2, 0.25) is 0 Å². The van der Waals surface area contributed by atoms with Crippen molar-refractivity contribution in [2.45, 2.75) is 38.6 Å². The summed E-state index contributed by atoms with van der Waals surface area (Å²) in [5.41, 5.74) is 1.23. The van der Waals surface area contributed by atoms with Crippen molar-refractivity contribution >= 4 is 11.7 Å². The number of aliphatic hydroxyl groups excluding tert-OH is 1. The van der Waals surface area contributed by atoms with Crippen LogP contribution in [0.3, 0.4) is 0 Å². The fraction of sp³-hybridized carbons (Fsp3) is 0.588. The zero-order chi connectivity index (χ0) is 16.7. The maximum Gasteiger partial charge on any atom is 0.319 e. The van der Waals surface area contributed by atoms with E-state index in [1.54, 1.807) is 13.0 Å². The van der Waals surface area contributed by atoms with E-state index in [-0.39, 0.29) is 18.5 Å². The summed E-state index contributed by atoms with van der Waals surface area (Å²) >= 11 is 0. The van der Waals surface area contributed by atoms with Crippen LogP contribution in [0.25, 0.3) is 0 Å². The predicted molar refractivity (Wildman–Crippen MR) is 89.1 cm³/mol. The van der Waals surface area contributed by atoms with Gasteiger partial charge in [-0.2, -0.15) is 0 Å². The summed E-state index contributed by atoms with van der Waals surface area (Å²) in [7, 11) is 0. The molecule has 1 fully saturated rings. The summed E-state index contributed by atoms with van der Waals surface area (Å²) in [4.78, 5) is 14.1. The second-order valence-electron chi connectivity index (χ2n) is 6.12. The van der Waals surface area contributed by atoms with Crippen molar-refractivity contribution in [3.63, 3.8) is 0 Å². The first-order valence-corrected chi connectivity index (χ1v) is 8.25. The van der Waals surface area contributed by atoms with Crippen LogP contribution < -0.4 is 10.6 Å². The van der Waals surface area contributed by atoms with Crippen molar-refractivity contribution in [3.05, 3.63) is 29.6 Å². The van der Waals surface area contributed by atoms with E-state index in [0.717, 1.165) is 44.3 Å². The zero-order valence-electron chi connectivity index (χ0n) is 13.6. The molecule has 128 valence electrons. The van der Waals surface area contributed by atoms with Gasteiger partial charge in [-0.05, 0) is 69.5 Å². The normalized spacial score (nSPS) is 18.1. The number of likely N-dealkylation sites (tertiary alicyclic amines) is 1. The van der Waals surface area contributed by atoms with Gasteiger partial charge in [0.1, 0.15) is 5.82 Å². The third-order valence-electron chi connectivity index (χ3n) is 4.17. The molecule has 2 rings (SSSR count). The number of aliphatic hydroxyl groups is 1. The van der Waals surface area contributed by atoms with Crippen LogP contribution in [-0.2, 0) is 0 Å². The van der Waals surface area contributed by atoms with Gasteiger partial charge in [-0.25, -0.2) is 9.18 Å². The topological polar surface area (TPSA) is 64.6 Å². The lowest BCUT2D eigenvalue weighted by Gasteiger charge is -2.22. The van der Waals surface area contributed by atoms with Crippen LogP contribution in [0.5, 0.6) is 0 Å². The molecule has 1 unspecified atom stereocenters. The Kier molecular flexibility index (Phi) is 6.80. The number of aryl methyl sites for hydroxylation is 1. The average molecular weight is 323 g/mol. The highest BCUT2D eigenvalue weighted by Crippen LogP contribution is 2.17. The third-order valence-corrected chi connectivity index (χ3v) is 4.17. The molecule has 1 aliphatic rings. The number of carbonyl (C=O) groups is 1. The van der Waals surface area contributed by atoms with Gasteiger partial charge in [0.25, 0.3) is 0 Å². The SMILES string of the molecule is Cc1cc(F)cc(NC(=O)NCCCCN2CCCC2CO)c1. The molecule has 0 aromatic heterocycles. The van der Waals surface area contributed by atoms with E-state index in [2.05, 4.69) is 15.5 Å². The fourth-order valence-electron chi connectivity index (χ4n) is 3.02. The lowest BCUT2D eigenvalue weighted by atomic mass is 10.2. The third kappa shape index (κ3) is 5.80. The quantitative estimate of drug-likeness (QED) is 0.676. The van der Waals surface area contributed by atoms with Crippen molar-refractivity contribution in [2.24, 2.45) is 0 Å². The van der Waals surface area contributed by atoms with E-state index in [9.17, 15) is 14.3 Å². The van der Waals surface area contributed by atoms with Gasteiger partial charge in [-0.3, -0.25) is 4.90 Å². The summed E-state index contributed by atoms with van der Waals surface area (Å²) in [6, 6.07) is 4.44. The van der Waals surface area contributed by atoms with Crippen LogP contribution in [0.15, 0.2) is 18.2 Å². The number of rotatable bonds is 7. The van der Waals surface area contributed by atoms with Gasteiger partial charge in [0.05, 0.1) is 6.61 Å². The molecule has 1 atom stereocenters. The Bertz CT molecular complexity index is 504. The number of unbranched alkanes of at least 4 members (excludes halogenated alkanes) is 1. The number of hydrogen-bond acceptors (Lipinski definition) is 3. The van der Waals surface area contributed by atoms with E-state index in [1.165, 1.54) is 12.1 Å². The zero-order valence-corrected chi connectivity index (χ0v) is 13.6. The first-order valence-electron chi connectivity index (χ1n) is 8.25. The number of carbonyl (C=O) groups excluding carboxylic acids is 1. The van der Waals surface area contributed by atoms with Gasteiger partial charge < -0.3 is 15.7 Å². The standard InChI is InChI=1S/C17H26FN3O2/c1-13-9-14(18)11-15(10-13)20-17(23)19-6-2-3-7-21-8-4-5-16(21)12-22/h9-11,16,22H,2-8,12H2,1H3,(H2,19,20,23). The van der Waals surface area contributed by atoms with Crippen LogP contribution >= 0.6 is 0 Å². The number of amides is 2. The molecule has 1 aromatic rings. The van der Waals surface area contributed by atoms with Gasteiger partial charge in [0.2, 0.25) is 0 Å². The van der Waals surface area contributed by atoms with Crippen molar-refractivity contribution in [3.8, 4) is 0 Å². The van der Waals surface area contributed by atoms with Crippen molar-refractivity contribution < 1.29 is 14.3 Å². The molecule has 23 heavy (non-hydrogen) atoms. The van der Waals surface area contributed by atoms with Crippen LogP contribution in [0.4, 0.5) is 14.9 Å². The van der Waals surface area contributed by atoms with E-state index >= 15 is 0 Å². The van der Waals surface area contributed by atoms with E-state index in [4.69, 9.17) is 0 Å². The van der Waals surface area contributed by atoms with Gasteiger partial charge in [0.15, 0.2) is 0 Å². The van der Waals surface area contributed by atoms with E-state index in [0.29, 0.717) is 18.3 Å². The molecule has 1 saturated heterocycles. The number of nitrogens with zero attached hydrogens (tertiary/aromatic N) is 1. The first-order chi connectivity index (χ1) is 11.1. The van der Waals surface area contributed by atoms with Gasteiger partial charge in [-0.15, -0.1) is 0 Å². The minimum atomic E-state index is -0.357.